The molecule has 0 aliphatic rings. The van der Waals surface area contributed by atoms with Gasteiger partial charge in [-0.1, -0.05) is 22.0 Å². The highest BCUT2D eigenvalue weighted by Crippen LogP contribution is 2.13. The third-order valence-electron chi connectivity index (χ3n) is 2.40. The Labute approximate surface area is 117 Å². The third kappa shape index (κ3) is 2.82. The lowest BCUT2D eigenvalue weighted by Crippen LogP contribution is -2.12. The first kappa shape index (κ1) is 11.9. The van der Waals surface area contributed by atoms with Crippen LogP contribution in [0.3, 0.4) is 0 Å². The van der Waals surface area contributed by atoms with E-state index in [0.29, 0.717) is 6.61 Å². The van der Waals surface area contributed by atoms with Crippen LogP contribution in [0.25, 0.3) is 5.69 Å². The molecule has 0 saturated carbocycles. The van der Waals surface area contributed by atoms with Crippen molar-refractivity contribution >= 4 is 15.9 Å². The maximum Gasteiger partial charge on any atom is 0.162 e. The first-order chi connectivity index (χ1) is 9.31. The zero-order valence-electron chi connectivity index (χ0n) is 9.85. The van der Waals surface area contributed by atoms with E-state index in [1.807, 2.05) is 24.3 Å². The van der Waals surface area contributed by atoms with Crippen LogP contribution in [-0.4, -0.2) is 24.9 Å². The van der Waals surface area contributed by atoms with Gasteiger partial charge in [0.05, 0.1) is 24.3 Å². The van der Waals surface area contributed by atoms with Gasteiger partial charge in [-0.2, -0.15) is 9.90 Å². The third-order valence-corrected chi connectivity index (χ3v) is 2.90. The first-order valence-corrected chi connectivity index (χ1v) is 6.41. The van der Waals surface area contributed by atoms with Crippen molar-refractivity contribution in [3.8, 4) is 5.69 Å². The second-order valence-corrected chi connectivity index (χ2v) is 4.70. The van der Waals surface area contributed by atoms with E-state index in [1.54, 1.807) is 29.5 Å². The van der Waals surface area contributed by atoms with Crippen molar-refractivity contribution in [3.63, 3.8) is 0 Å². The van der Waals surface area contributed by atoms with Crippen molar-refractivity contribution in [2.75, 3.05) is 0 Å². The van der Waals surface area contributed by atoms with Gasteiger partial charge >= 0.3 is 0 Å². The van der Waals surface area contributed by atoms with Gasteiger partial charge in [0.2, 0.25) is 0 Å². The predicted molar refractivity (Wildman–Crippen MR) is 71.6 cm³/mol. The fraction of sp³-hybridized carbons (Fsp3) is 0.0833. The zero-order chi connectivity index (χ0) is 13.1. The SMILES string of the molecule is Brc1cccc(-n2ncc(COn3cccn3)n2)c1. The van der Waals surface area contributed by atoms with Crippen molar-refractivity contribution in [1.29, 1.82) is 0 Å². The average molecular weight is 320 g/mol. The van der Waals surface area contributed by atoms with Crippen LogP contribution >= 0.6 is 15.9 Å². The van der Waals surface area contributed by atoms with Crippen LogP contribution in [0.15, 0.2) is 53.4 Å². The van der Waals surface area contributed by atoms with Gasteiger partial charge in [-0.3, -0.25) is 0 Å². The summed E-state index contributed by atoms with van der Waals surface area (Å²) < 4.78 is 0.983. The molecule has 6 nitrogen and oxygen atoms in total. The van der Waals surface area contributed by atoms with Gasteiger partial charge in [0.15, 0.2) is 6.61 Å². The molecule has 0 spiro atoms. The Kier molecular flexibility index (Phi) is 3.28. The molecule has 0 unspecified atom stereocenters. The monoisotopic (exact) mass is 319 g/mol. The lowest BCUT2D eigenvalue weighted by molar-refractivity contribution is 0.0679. The average Bonchev–Trinajstić information content (AvgIpc) is 3.08. The lowest BCUT2D eigenvalue weighted by atomic mass is 10.3. The van der Waals surface area contributed by atoms with Gasteiger partial charge < -0.3 is 4.84 Å². The Hall–Kier alpha value is -2.15. The van der Waals surface area contributed by atoms with Crippen LogP contribution in [0.2, 0.25) is 0 Å². The summed E-state index contributed by atoms with van der Waals surface area (Å²) in [6.45, 7) is 0.315. The molecule has 0 atom stereocenters. The summed E-state index contributed by atoms with van der Waals surface area (Å²) >= 11 is 3.42. The molecule has 1 aromatic carbocycles. The van der Waals surface area contributed by atoms with Crippen molar-refractivity contribution in [2.45, 2.75) is 6.61 Å². The summed E-state index contributed by atoms with van der Waals surface area (Å²) in [6.07, 6.45) is 5.04. The molecule has 3 rings (SSSR count). The van der Waals surface area contributed by atoms with Crippen LogP contribution in [-0.2, 0) is 6.61 Å². The second kappa shape index (κ2) is 5.23. The fourth-order valence-corrected chi connectivity index (χ4v) is 1.94. The highest BCUT2D eigenvalue weighted by atomic mass is 79.9. The lowest BCUT2D eigenvalue weighted by Gasteiger charge is -2.01. The normalized spacial score (nSPS) is 10.6. The predicted octanol–water partition coefficient (Wildman–Crippen LogP) is 1.86. The van der Waals surface area contributed by atoms with Gasteiger partial charge in [-0.15, -0.1) is 15.0 Å². The van der Waals surface area contributed by atoms with E-state index in [9.17, 15) is 0 Å². The Balaban J connectivity index is 1.72. The number of nitrogens with zero attached hydrogens (tertiary/aromatic N) is 5. The van der Waals surface area contributed by atoms with Crippen molar-refractivity contribution < 1.29 is 4.84 Å². The van der Waals surface area contributed by atoms with Crippen molar-refractivity contribution in [2.24, 2.45) is 0 Å². The summed E-state index contributed by atoms with van der Waals surface area (Å²) in [5.41, 5.74) is 1.62. The number of aromatic nitrogens is 5. The van der Waals surface area contributed by atoms with Crippen LogP contribution < -0.4 is 4.84 Å². The summed E-state index contributed by atoms with van der Waals surface area (Å²) in [6, 6.07) is 9.55. The Morgan fingerprint density at radius 1 is 1.21 bits per heavy atom. The molecule has 7 heteroatoms. The molecular weight excluding hydrogens is 310 g/mol. The topological polar surface area (TPSA) is 57.8 Å². The van der Waals surface area contributed by atoms with E-state index in [-0.39, 0.29) is 0 Å². The molecule has 2 heterocycles. The van der Waals surface area contributed by atoms with E-state index < -0.39 is 0 Å². The molecule has 0 N–H and O–H groups in total. The quantitative estimate of drug-likeness (QED) is 0.736. The Morgan fingerprint density at radius 2 is 2.16 bits per heavy atom. The second-order valence-electron chi connectivity index (χ2n) is 3.79. The summed E-state index contributed by atoms with van der Waals surface area (Å²) in [7, 11) is 0. The zero-order valence-corrected chi connectivity index (χ0v) is 11.4. The number of hydrogen-bond acceptors (Lipinski definition) is 4. The molecule has 3 aromatic rings. The largest absolute Gasteiger partial charge is 0.390 e. The highest BCUT2D eigenvalue weighted by Gasteiger charge is 2.04. The maximum atomic E-state index is 5.39. The van der Waals surface area contributed by atoms with E-state index in [2.05, 4.69) is 31.2 Å². The highest BCUT2D eigenvalue weighted by molar-refractivity contribution is 9.10. The van der Waals surface area contributed by atoms with Gasteiger partial charge in [-0.05, 0) is 24.3 Å². The standard InChI is InChI=1S/C12H10BrN5O/c13-10-3-1-4-12(7-10)18-15-8-11(16-18)9-19-17-6-2-5-14-17/h1-8H,9H2. The van der Waals surface area contributed by atoms with E-state index >= 15 is 0 Å². The molecule has 0 amide bonds. The molecule has 0 radical (unpaired) electrons. The van der Waals surface area contributed by atoms with E-state index in [1.165, 1.54) is 4.85 Å². The van der Waals surface area contributed by atoms with Gasteiger partial charge in [-0.25, -0.2) is 0 Å². The number of rotatable bonds is 4. The van der Waals surface area contributed by atoms with Crippen molar-refractivity contribution in [3.05, 3.63) is 59.1 Å². The van der Waals surface area contributed by atoms with Gasteiger partial charge in [0, 0.05) is 4.47 Å². The Morgan fingerprint density at radius 3 is 2.95 bits per heavy atom. The summed E-state index contributed by atoms with van der Waals surface area (Å²) in [4.78, 5) is 8.33. The molecule has 0 fully saturated rings. The molecule has 19 heavy (non-hydrogen) atoms. The molecule has 2 aromatic heterocycles. The van der Waals surface area contributed by atoms with Gasteiger partial charge in [0.25, 0.3) is 0 Å². The van der Waals surface area contributed by atoms with Crippen molar-refractivity contribution in [1.82, 2.24) is 24.9 Å². The van der Waals surface area contributed by atoms with Crippen LogP contribution in [0.1, 0.15) is 5.69 Å². The van der Waals surface area contributed by atoms with E-state index in [0.717, 1.165) is 15.9 Å². The van der Waals surface area contributed by atoms with Crippen LogP contribution in [0.4, 0.5) is 0 Å². The Bertz CT molecular complexity index is 664. The van der Waals surface area contributed by atoms with E-state index in [4.69, 9.17) is 4.84 Å². The minimum absolute atomic E-state index is 0.315. The molecule has 0 bridgehead atoms. The maximum absolute atomic E-state index is 5.39. The molecule has 0 aliphatic carbocycles. The molecule has 0 aliphatic heterocycles. The summed E-state index contributed by atoms with van der Waals surface area (Å²) in [5.74, 6) is 0. The molecule has 96 valence electrons. The number of hydrogen-bond donors (Lipinski definition) is 0. The molecule has 0 saturated heterocycles. The molecular formula is C12H10BrN5O. The summed E-state index contributed by atoms with van der Waals surface area (Å²) in [5, 5.41) is 12.5. The minimum Gasteiger partial charge on any atom is -0.390 e. The smallest absolute Gasteiger partial charge is 0.162 e. The first-order valence-electron chi connectivity index (χ1n) is 5.61. The fourth-order valence-electron chi connectivity index (χ4n) is 1.55. The van der Waals surface area contributed by atoms with Gasteiger partial charge in [0.1, 0.15) is 5.69 Å². The van der Waals surface area contributed by atoms with Crippen LogP contribution in [0.5, 0.6) is 0 Å². The number of benzene rings is 1. The number of halogens is 1. The minimum atomic E-state index is 0.315. The van der Waals surface area contributed by atoms with Crippen LogP contribution in [0, 0.1) is 0 Å².